The van der Waals surface area contributed by atoms with Crippen molar-refractivity contribution in [3.8, 4) is 22.4 Å². The molecule has 3 rings (SSSR count). The van der Waals surface area contributed by atoms with Crippen molar-refractivity contribution in [2.24, 2.45) is 0 Å². The molecule has 0 radical (unpaired) electrons. The van der Waals surface area contributed by atoms with E-state index in [0.29, 0.717) is 39.6 Å². The molecule has 0 amide bonds. The molecule has 2 aromatic heterocycles. The van der Waals surface area contributed by atoms with Gasteiger partial charge in [-0.2, -0.15) is 0 Å². The summed E-state index contributed by atoms with van der Waals surface area (Å²) in [6.45, 7) is 4.18. The predicted molar refractivity (Wildman–Crippen MR) is 99.5 cm³/mol. The minimum absolute atomic E-state index is 0.279. The number of hydrogen-bond acceptors (Lipinski definition) is 4. The number of pyridine rings is 1. The zero-order valence-electron chi connectivity index (χ0n) is 14.2. The van der Waals surface area contributed by atoms with Gasteiger partial charge in [0.25, 0.3) is 0 Å². The molecule has 0 bridgehead atoms. The van der Waals surface area contributed by atoms with Crippen molar-refractivity contribution >= 4 is 17.6 Å². The van der Waals surface area contributed by atoms with Crippen LogP contribution in [0.1, 0.15) is 23.0 Å². The second-order valence-electron chi connectivity index (χ2n) is 5.70. The van der Waals surface area contributed by atoms with Crippen LogP contribution in [-0.2, 0) is 6.54 Å². The van der Waals surface area contributed by atoms with Gasteiger partial charge < -0.3 is 9.67 Å². The van der Waals surface area contributed by atoms with Crippen molar-refractivity contribution in [3.05, 3.63) is 69.5 Å². The standard InChI is InChI=1S/C19H16ClN3O3/c1-3-23-11(2)15(13-8-21-10-22-9-13)18(24)16(19(25)26)17(23)12-4-6-14(20)7-5-12/h4-10H,3H2,1-2H3,(H,25,26). The van der Waals surface area contributed by atoms with Gasteiger partial charge in [-0.25, -0.2) is 14.8 Å². The zero-order valence-corrected chi connectivity index (χ0v) is 15.0. The monoisotopic (exact) mass is 369 g/mol. The Morgan fingerprint density at radius 1 is 1.15 bits per heavy atom. The number of rotatable bonds is 4. The van der Waals surface area contributed by atoms with E-state index in [9.17, 15) is 14.7 Å². The van der Waals surface area contributed by atoms with Gasteiger partial charge in [-0.3, -0.25) is 4.79 Å². The van der Waals surface area contributed by atoms with Crippen LogP contribution in [0.5, 0.6) is 0 Å². The second-order valence-corrected chi connectivity index (χ2v) is 6.13. The van der Waals surface area contributed by atoms with Crippen LogP contribution in [0.2, 0.25) is 5.02 Å². The maximum atomic E-state index is 13.1. The van der Waals surface area contributed by atoms with E-state index in [1.54, 1.807) is 31.2 Å². The van der Waals surface area contributed by atoms with Crippen LogP contribution in [0.25, 0.3) is 22.4 Å². The third-order valence-corrected chi connectivity index (χ3v) is 4.48. The highest BCUT2D eigenvalue weighted by Gasteiger charge is 2.25. The van der Waals surface area contributed by atoms with Gasteiger partial charge in [0.2, 0.25) is 5.43 Å². The smallest absolute Gasteiger partial charge is 0.341 e. The fraction of sp³-hybridized carbons (Fsp3) is 0.158. The lowest BCUT2D eigenvalue weighted by Crippen LogP contribution is -2.25. The van der Waals surface area contributed by atoms with Crippen LogP contribution in [0.3, 0.4) is 0 Å². The molecule has 26 heavy (non-hydrogen) atoms. The van der Waals surface area contributed by atoms with Crippen LogP contribution in [0.4, 0.5) is 0 Å². The van der Waals surface area contributed by atoms with E-state index < -0.39 is 11.4 Å². The van der Waals surface area contributed by atoms with E-state index in [2.05, 4.69) is 9.97 Å². The number of nitrogens with zero attached hydrogens (tertiary/aromatic N) is 3. The number of aromatic carboxylic acids is 1. The number of hydrogen-bond donors (Lipinski definition) is 1. The molecule has 6 nitrogen and oxygen atoms in total. The quantitative estimate of drug-likeness (QED) is 0.758. The molecule has 0 atom stereocenters. The van der Waals surface area contributed by atoms with Crippen LogP contribution in [0.15, 0.2) is 47.8 Å². The summed E-state index contributed by atoms with van der Waals surface area (Å²) in [6.07, 6.45) is 4.37. The molecule has 132 valence electrons. The van der Waals surface area contributed by atoms with Gasteiger partial charge in [-0.05, 0) is 31.5 Å². The Labute approximate surface area is 154 Å². The third-order valence-electron chi connectivity index (χ3n) is 4.22. The summed E-state index contributed by atoms with van der Waals surface area (Å²) < 4.78 is 1.82. The lowest BCUT2D eigenvalue weighted by Gasteiger charge is -2.21. The van der Waals surface area contributed by atoms with Crippen LogP contribution >= 0.6 is 11.6 Å². The van der Waals surface area contributed by atoms with Crippen molar-refractivity contribution in [2.75, 3.05) is 0 Å². The van der Waals surface area contributed by atoms with Crippen molar-refractivity contribution in [1.29, 1.82) is 0 Å². The third kappa shape index (κ3) is 2.99. The lowest BCUT2D eigenvalue weighted by molar-refractivity contribution is 0.0695. The van der Waals surface area contributed by atoms with Crippen LogP contribution < -0.4 is 5.43 Å². The molecule has 1 N–H and O–H groups in total. The molecule has 0 saturated carbocycles. The summed E-state index contributed by atoms with van der Waals surface area (Å²) in [5, 5.41) is 10.3. The molecule has 1 aromatic carbocycles. The Hall–Kier alpha value is -2.99. The normalized spacial score (nSPS) is 10.7. The number of benzene rings is 1. The Morgan fingerprint density at radius 3 is 2.31 bits per heavy atom. The fourth-order valence-electron chi connectivity index (χ4n) is 3.10. The van der Waals surface area contributed by atoms with Gasteiger partial charge >= 0.3 is 5.97 Å². The molecule has 0 aliphatic rings. The molecule has 3 aromatic rings. The Morgan fingerprint density at radius 2 is 1.77 bits per heavy atom. The van der Waals surface area contributed by atoms with Crippen LogP contribution in [0, 0.1) is 6.92 Å². The minimum Gasteiger partial charge on any atom is -0.477 e. The number of carbonyl (C=O) groups is 1. The van der Waals surface area contributed by atoms with E-state index in [0.717, 1.165) is 0 Å². The SMILES string of the molecule is CCn1c(C)c(-c2cncnc2)c(=O)c(C(=O)O)c1-c1ccc(Cl)cc1. The molecule has 0 unspecified atom stereocenters. The van der Waals surface area contributed by atoms with Crippen molar-refractivity contribution in [2.45, 2.75) is 20.4 Å². The highest BCUT2D eigenvalue weighted by molar-refractivity contribution is 6.30. The molecule has 0 aliphatic carbocycles. The van der Waals surface area contributed by atoms with E-state index >= 15 is 0 Å². The first-order chi connectivity index (χ1) is 12.5. The predicted octanol–water partition coefficient (Wildman–Crippen LogP) is 3.65. The molecular weight excluding hydrogens is 354 g/mol. The highest BCUT2D eigenvalue weighted by atomic mass is 35.5. The minimum atomic E-state index is -1.28. The molecule has 0 saturated heterocycles. The lowest BCUT2D eigenvalue weighted by atomic mass is 9.97. The second kappa shape index (κ2) is 7.09. The molecule has 0 aliphatic heterocycles. The average Bonchev–Trinajstić information content (AvgIpc) is 2.62. The van der Waals surface area contributed by atoms with Gasteiger partial charge in [0.15, 0.2) is 0 Å². The van der Waals surface area contributed by atoms with E-state index in [1.165, 1.54) is 18.7 Å². The molecule has 2 heterocycles. The number of halogens is 1. The average molecular weight is 370 g/mol. The summed E-state index contributed by atoms with van der Waals surface area (Å²) in [4.78, 5) is 32.9. The number of carboxylic acids is 1. The molecular formula is C19H16ClN3O3. The van der Waals surface area contributed by atoms with Gasteiger partial charge in [0, 0.05) is 35.2 Å². The van der Waals surface area contributed by atoms with Crippen molar-refractivity contribution in [3.63, 3.8) is 0 Å². The topological polar surface area (TPSA) is 85.1 Å². The van der Waals surface area contributed by atoms with Gasteiger partial charge in [-0.15, -0.1) is 0 Å². The molecule has 7 heteroatoms. The van der Waals surface area contributed by atoms with Gasteiger partial charge in [0.1, 0.15) is 11.9 Å². The van der Waals surface area contributed by atoms with Crippen molar-refractivity contribution < 1.29 is 9.90 Å². The first-order valence-corrected chi connectivity index (χ1v) is 8.35. The summed E-state index contributed by atoms with van der Waals surface area (Å²) in [5.74, 6) is -1.28. The summed E-state index contributed by atoms with van der Waals surface area (Å²) >= 11 is 5.94. The van der Waals surface area contributed by atoms with E-state index in [-0.39, 0.29) is 5.56 Å². The van der Waals surface area contributed by atoms with Crippen LogP contribution in [-0.4, -0.2) is 25.6 Å². The Bertz CT molecular complexity index is 1030. The first-order valence-electron chi connectivity index (χ1n) is 7.97. The molecule has 0 spiro atoms. The summed E-state index contributed by atoms with van der Waals surface area (Å²) in [6, 6.07) is 6.75. The largest absolute Gasteiger partial charge is 0.477 e. The number of aromatic nitrogens is 3. The Balaban J connectivity index is 2.45. The van der Waals surface area contributed by atoms with Gasteiger partial charge in [0.05, 0.1) is 11.3 Å². The molecule has 0 fully saturated rings. The van der Waals surface area contributed by atoms with E-state index in [1.807, 2.05) is 11.5 Å². The van der Waals surface area contributed by atoms with E-state index in [4.69, 9.17) is 11.6 Å². The zero-order chi connectivity index (χ0) is 18.8. The first kappa shape index (κ1) is 17.8. The summed E-state index contributed by atoms with van der Waals surface area (Å²) in [7, 11) is 0. The maximum Gasteiger partial charge on any atom is 0.341 e. The maximum absolute atomic E-state index is 13.1. The summed E-state index contributed by atoms with van der Waals surface area (Å²) in [5.41, 5.74) is 1.58. The fourth-order valence-corrected chi connectivity index (χ4v) is 3.23. The number of carboxylic acid groups (broad SMARTS) is 1. The van der Waals surface area contributed by atoms with Gasteiger partial charge in [-0.1, -0.05) is 23.7 Å². The van der Waals surface area contributed by atoms with Crippen molar-refractivity contribution in [1.82, 2.24) is 14.5 Å². The highest BCUT2D eigenvalue weighted by Crippen LogP contribution is 2.29. The Kier molecular flexibility index (Phi) is 4.86.